The number of alkyl halides is 3. The molecule has 1 atom stereocenters. The summed E-state index contributed by atoms with van der Waals surface area (Å²) in [5.41, 5.74) is 1.34. The Morgan fingerprint density at radius 2 is 1.79 bits per heavy atom. The van der Waals surface area contributed by atoms with Crippen molar-refractivity contribution in [1.82, 2.24) is 9.97 Å². The average molecular weight is 408 g/mol. The third-order valence-electron chi connectivity index (χ3n) is 4.08. The van der Waals surface area contributed by atoms with E-state index in [9.17, 15) is 18.3 Å². The Morgan fingerprint density at radius 1 is 1.07 bits per heavy atom. The topological polar surface area (TPSA) is 58.0 Å². The maximum atomic E-state index is 12.9. The standard InChI is InChI=1S/C20H17ClF3N3O/c1-11(28)14-5-3-4-6-17(14)27-19-10-18(25-12(2)26-19)13-7-8-15(16(21)9-13)20(22,23)24/h3-11,28H,1-2H3,(H,25,26,27)/t11-/m1/s1. The summed E-state index contributed by atoms with van der Waals surface area (Å²) in [6, 6.07) is 12.3. The zero-order valence-electron chi connectivity index (χ0n) is 15.0. The third-order valence-corrected chi connectivity index (χ3v) is 4.39. The first-order valence-corrected chi connectivity index (χ1v) is 8.80. The highest BCUT2D eigenvalue weighted by molar-refractivity contribution is 6.31. The van der Waals surface area contributed by atoms with Gasteiger partial charge < -0.3 is 10.4 Å². The van der Waals surface area contributed by atoms with Gasteiger partial charge in [-0.3, -0.25) is 0 Å². The molecule has 3 rings (SSSR count). The molecule has 1 heterocycles. The summed E-state index contributed by atoms with van der Waals surface area (Å²) in [6.45, 7) is 3.34. The quantitative estimate of drug-likeness (QED) is 0.563. The second kappa shape index (κ2) is 7.77. The Bertz CT molecular complexity index is 1010. The molecule has 28 heavy (non-hydrogen) atoms. The highest BCUT2D eigenvalue weighted by Gasteiger charge is 2.33. The number of nitrogens with one attached hydrogen (secondary N) is 1. The van der Waals surface area contributed by atoms with Crippen LogP contribution in [-0.2, 0) is 6.18 Å². The van der Waals surface area contributed by atoms with E-state index in [0.29, 0.717) is 34.2 Å². The third kappa shape index (κ3) is 4.43. The Hall–Kier alpha value is -2.64. The number of aromatic nitrogens is 2. The molecule has 0 radical (unpaired) electrons. The number of para-hydroxylation sites is 1. The molecule has 0 aliphatic carbocycles. The Kier molecular flexibility index (Phi) is 5.58. The molecular weight excluding hydrogens is 391 g/mol. The van der Waals surface area contributed by atoms with Gasteiger partial charge >= 0.3 is 6.18 Å². The van der Waals surface area contributed by atoms with Crippen LogP contribution >= 0.6 is 11.6 Å². The normalized spacial score (nSPS) is 12.7. The first kappa shape index (κ1) is 20.1. The van der Waals surface area contributed by atoms with Crippen LogP contribution in [0.5, 0.6) is 0 Å². The number of aliphatic hydroxyl groups excluding tert-OH is 1. The fourth-order valence-electron chi connectivity index (χ4n) is 2.80. The van der Waals surface area contributed by atoms with E-state index in [1.54, 1.807) is 32.0 Å². The van der Waals surface area contributed by atoms with Crippen molar-refractivity contribution in [3.8, 4) is 11.3 Å². The van der Waals surface area contributed by atoms with Crippen molar-refractivity contribution in [3.05, 3.63) is 70.5 Å². The molecule has 0 bridgehead atoms. The highest BCUT2D eigenvalue weighted by Crippen LogP contribution is 2.37. The van der Waals surface area contributed by atoms with Gasteiger partial charge in [-0.1, -0.05) is 35.9 Å². The molecular formula is C20H17ClF3N3O. The number of anilines is 2. The van der Waals surface area contributed by atoms with Gasteiger partial charge in [0.15, 0.2) is 0 Å². The SMILES string of the molecule is Cc1nc(Nc2ccccc2[C@@H](C)O)cc(-c2ccc(C(F)(F)F)c(Cl)c2)n1. The lowest BCUT2D eigenvalue weighted by atomic mass is 10.1. The van der Waals surface area contributed by atoms with Gasteiger partial charge in [-0.25, -0.2) is 9.97 Å². The molecule has 0 aliphatic heterocycles. The molecule has 4 nitrogen and oxygen atoms in total. The predicted molar refractivity (Wildman–Crippen MR) is 103 cm³/mol. The molecule has 1 aromatic heterocycles. The average Bonchev–Trinajstić information content (AvgIpc) is 2.60. The monoisotopic (exact) mass is 407 g/mol. The number of nitrogens with zero attached hydrogens (tertiary/aromatic N) is 2. The highest BCUT2D eigenvalue weighted by atomic mass is 35.5. The fraction of sp³-hybridized carbons (Fsp3) is 0.200. The van der Waals surface area contributed by atoms with Gasteiger partial charge in [0.2, 0.25) is 0 Å². The predicted octanol–water partition coefficient (Wildman–Crippen LogP) is 5.92. The van der Waals surface area contributed by atoms with E-state index in [-0.39, 0.29) is 0 Å². The van der Waals surface area contributed by atoms with Crippen molar-refractivity contribution in [3.63, 3.8) is 0 Å². The van der Waals surface area contributed by atoms with Crippen LogP contribution in [0.15, 0.2) is 48.5 Å². The Labute approximate surface area is 165 Å². The van der Waals surface area contributed by atoms with Crippen molar-refractivity contribution >= 4 is 23.1 Å². The molecule has 0 fully saturated rings. The zero-order chi connectivity index (χ0) is 20.5. The largest absolute Gasteiger partial charge is 0.417 e. The van der Waals surface area contributed by atoms with Crippen LogP contribution < -0.4 is 5.32 Å². The van der Waals surface area contributed by atoms with Gasteiger partial charge in [0.25, 0.3) is 0 Å². The molecule has 2 N–H and O–H groups in total. The molecule has 0 amide bonds. The summed E-state index contributed by atoms with van der Waals surface area (Å²) in [7, 11) is 0. The van der Waals surface area contributed by atoms with Crippen LogP contribution in [0.4, 0.5) is 24.7 Å². The van der Waals surface area contributed by atoms with E-state index in [0.717, 1.165) is 6.07 Å². The van der Waals surface area contributed by atoms with Crippen LogP contribution in [0, 0.1) is 6.92 Å². The molecule has 0 saturated heterocycles. The molecule has 0 aliphatic rings. The molecule has 0 saturated carbocycles. The minimum absolute atomic E-state index is 0.393. The number of hydrogen-bond acceptors (Lipinski definition) is 4. The summed E-state index contributed by atoms with van der Waals surface area (Å²) in [6.07, 6.45) is -5.20. The first-order chi connectivity index (χ1) is 13.1. The van der Waals surface area contributed by atoms with E-state index in [4.69, 9.17) is 11.6 Å². The number of benzene rings is 2. The van der Waals surface area contributed by atoms with Gasteiger partial charge in [0.05, 0.1) is 22.4 Å². The van der Waals surface area contributed by atoms with Crippen molar-refractivity contribution in [2.45, 2.75) is 26.1 Å². The van der Waals surface area contributed by atoms with Crippen molar-refractivity contribution in [1.29, 1.82) is 0 Å². The summed E-state index contributed by atoms with van der Waals surface area (Å²) in [4.78, 5) is 8.61. The van der Waals surface area contributed by atoms with Crippen LogP contribution in [0.25, 0.3) is 11.3 Å². The molecule has 0 spiro atoms. The molecule has 0 unspecified atom stereocenters. The second-order valence-electron chi connectivity index (χ2n) is 6.27. The van der Waals surface area contributed by atoms with Crippen LogP contribution in [0.2, 0.25) is 5.02 Å². The van der Waals surface area contributed by atoms with Gasteiger partial charge in [-0.05, 0) is 32.0 Å². The maximum absolute atomic E-state index is 12.9. The summed E-state index contributed by atoms with van der Waals surface area (Å²) < 4.78 is 38.7. The lowest BCUT2D eigenvalue weighted by Gasteiger charge is -2.15. The minimum Gasteiger partial charge on any atom is -0.389 e. The van der Waals surface area contributed by atoms with Crippen LogP contribution in [-0.4, -0.2) is 15.1 Å². The number of hydrogen-bond donors (Lipinski definition) is 2. The van der Waals surface area contributed by atoms with Crippen LogP contribution in [0.3, 0.4) is 0 Å². The first-order valence-electron chi connectivity index (χ1n) is 8.42. The smallest absolute Gasteiger partial charge is 0.389 e. The van der Waals surface area contributed by atoms with E-state index in [2.05, 4.69) is 15.3 Å². The van der Waals surface area contributed by atoms with Gasteiger partial charge in [0.1, 0.15) is 11.6 Å². The number of aliphatic hydroxyl groups is 1. The van der Waals surface area contributed by atoms with Crippen molar-refractivity contribution in [2.75, 3.05) is 5.32 Å². The summed E-state index contributed by atoms with van der Waals surface area (Å²) in [5, 5.41) is 12.7. The second-order valence-corrected chi connectivity index (χ2v) is 6.67. The summed E-state index contributed by atoms with van der Waals surface area (Å²) in [5.74, 6) is 0.886. The van der Waals surface area contributed by atoms with E-state index in [1.807, 2.05) is 12.1 Å². The number of rotatable bonds is 4. The van der Waals surface area contributed by atoms with Crippen molar-refractivity contribution < 1.29 is 18.3 Å². The number of halogens is 4. The summed E-state index contributed by atoms with van der Waals surface area (Å²) >= 11 is 5.82. The van der Waals surface area contributed by atoms with E-state index < -0.39 is 22.9 Å². The van der Waals surface area contributed by atoms with E-state index >= 15 is 0 Å². The lowest BCUT2D eigenvalue weighted by Crippen LogP contribution is -2.06. The van der Waals surface area contributed by atoms with Crippen molar-refractivity contribution in [2.24, 2.45) is 0 Å². The molecule has 2 aromatic carbocycles. The molecule has 146 valence electrons. The zero-order valence-corrected chi connectivity index (χ0v) is 15.8. The molecule has 3 aromatic rings. The Morgan fingerprint density at radius 3 is 2.43 bits per heavy atom. The van der Waals surface area contributed by atoms with E-state index in [1.165, 1.54) is 12.1 Å². The number of aryl methyl sites for hydroxylation is 1. The lowest BCUT2D eigenvalue weighted by molar-refractivity contribution is -0.137. The van der Waals surface area contributed by atoms with Gasteiger partial charge in [0, 0.05) is 22.9 Å². The molecule has 8 heteroatoms. The minimum atomic E-state index is -4.52. The van der Waals surface area contributed by atoms with Crippen LogP contribution in [0.1, 0.15) is 30.0 Å². The maximum Gasteiger partial charge on any atom is 0.417 e. The Balaban J connectivity index is 1.98. The van der Waals surface area contributed by atoms with Gasteiger partial charge in [-0.15, -0.1) is 0 Å². The fourth-order valence-corrected chi connectivity index (χ4v) is 3.08. The van der Waals surface area contributed by atoms with Gasteiger partial charge in [-0.2, -0.15) is 13.2 Å².